The number of aromatic nitrogens is 2. The zero-order valence-corrected chi connectivity index (χ0v) is 15.7. The van der Waals surface area contributed by atoms with Crippen molar-refractivity contribution in [1.82, 2.24) is 9.97 Å². The number of allylic oxidation sites excluding steroid dienone is 2. The molecule has 2 unspecified atom stereocenters. The standard InChI is InChI=1S/C22H16N4O4/c27-19-15-13-1-2-14(17(15)21(29)25(19)11-3-7-23-8-4-11)18-16(13)20(28)26(22(18)30)12-5-9-24-10-6-12/h1-10,13-18H/t13?,14?,15-,16+,17+,18-. The number of rotatable bonds is 2. The Hall–Kier alpha value is -3.68. The van der Waals surface area contributed by atoms with E-state index in [0.29, 0.717) is 11.4 Å². The van der Waals surface area contributed by atoms with Crippen molar-refractivity contribution in [2.75, 3.05) is 9.80 Å². The average Bonchev–Trinajstić information content (AvgIpc) is 3.22. The highest BCUT2D eigenvalue weighted by molar-refractivity contribution is 6.26. The molecular formula is C22H16N4O4. The third kappa shape index (κ3) is 2.00. The molecule has 0 radical (unpaired) electrons. The van der Waals surface area contributed by atoms with Gasteiger partial charge in [-0.3, -0.25) is 29.1 Å². The predicted octanol–water partition coefficient (Wildman–Crippen LogP) is 1.20. The summed E-state index contributed by atoms with van der Waals surface area (Å²) in [6, 6.07) is 6.46. The Labute approximate surface area is 171 Å². The zero-order valence-electron chi connectivity index (χ0n) is 15.7. The number of carbonyl (C=O) groups is 4. The molecule has 4 heterocycles. The van der Waals surface area contributed by atoms with Crippen LogP contribution in [0.3, 0.4) is 0 Å². The van der Waals surface area contributed by atoms with Crippen molar-refractivity contribution in [1.29, 1.82) is 0 Å². The normalized spacial score (nSPS) is 34.0. The first kappa shape index (κ1) is 17.2. The van der Waals surface area contributed by atoms with Crippen LogP contribution >= 0.6 is 0 Å². The van der Waals surface area contributed by atoms with Gasteiger partial charge in [0.25, 0.3) is 0 Å². The maximum atomic E-state index is 13.3. The van der Waals surface area contributed by atoms with E-state index in [-0.39, 0.29) is 23.6 Å². The number of nitrogens with zero attached hydrogens (tertiary/aromatic N) is 4. The molecule has 2 aromatic heterocycles. The topological polar surface area (TPSA) is 101 Å². The Balaban J connectivity index is 1.42. The average molecular weight is 400 g/mol. The molecule has 0 spiro atoms. The summed E-state index contributed by atoms with van der Waals surface area (Å²) in [5.41, 5.74) is 0.935. The van der Waals surface area contributed by atoms with E-state index in [1.54, 1.807) is 24.3 Å². The fourth-order valence-corrected chi connectivity index (χ4v) is 5.72. The van der Waals surface area contributed by atoms with Crippen LogP contribution < -0.4 is 9.80 Å². The second kappa shape index (κ2) is 5.91. The molecule has 2 bridgehead atoms. The number of hydrogen-bond acceptors (Lipinski definition) is 6. The maximum absolute atomic E-state index is 13.3. The molecule has 8 nitrogen and oxygen atoms in total. The molecular weight excluding hydrogens is 384 g/mol. The fraction of sp³-hybridized carbons (Fsp3) is 0.273. The molecule has 4 amide bonds. The number of carbonyl (C=O) groups excluding carboxylic acids is 4. The molecule has 3 fully saturated rings. The molecule has 5 aliphatic rings. The highest BCUT2D eigenvalue weighted by Gasteiger charge is 2.68. The van der Waals surface area contributed by atoms with Crippen LogP contribution in [-0.2, 0) is 19.2 Å². The smallest absolute Gasteiger partial charge is 0.238 e. The molecule has 6 atom stereocenters. The largest absolute Gasteiger partial charge is 0.274 e. The van der Waals surface area contributed by atoms with Gasteiger partial charge in [-0.05, 0) is 24.3 Å². The number of anilines is 2. The maximum Gasteiger partial charge on any atom is 0.238 e. The minimum absolute atomic E-state index is 0.309. The van der Waals surface area contributed by atoms with Gasteiger partial charge in [-0.2, -0.15) is 0 Å². The van der Waals surface area contributed by atoms with E-state index in [0.717, 1.165) is 0 Å². The van der Waals surface area contributed by atoms with Gasteiger partial charge in [0.2, 0.25) is 23.6 Å². The minimum atomic E-state index is -0.629. The second-order valence-corrected chi connectivity index (χ2v) is 8.08. The molecule has 148 valence electrons. The van der Waals surface area contributed by atoms with E-state index >= 15 is 0 Å². The molecule has 2 aliphatic heterocycles. The van der Waals surface area contributed by atoms with E-state index in [1.807, 2.05) is 12.2 Å². The van der Waals surface area contributed by atoms with E-state index < -0.39 is 35.5 Å². The van der Waals surface area contributed by atoms with Crippen LogP contribution in [0.25, 0.3) is 0 Å². The van der Waals surface area contributed by atoms with Gasteiger partial charge in [-0.15, -0.1) is 0 Å². The lowest BCUT2D eigenvalue weighted by Gasteiger charge is -2.44. The van der Waals surface area contributed by atoms with Crippen molar-refractivity contribution in [3.8, 4) is 0 Å². The van der Waals surface area contributed by atoms with Gasteiger partial charge in [0.05, 0.1) is 35.0 Å². The molecule has 3 aliphatic carbocycles. The Bertz CT molecular complexity index is 999. The third-order valence-electron chi connectivity index (χ3n) is 6.85. The molecule has 1 saturated carbocycles. The molecule has 30 heavy (non-hydrogen) atoms. The Morgan fingerprint density at radius 1 is 0.533 bits per heavy atom. The summed E-state index contributed by atoms with van der Waals surface area (Å²) in [5, 5.41) is 0. The lowest BCUT2D eigenvalue weighted by atomic mass is 9.54. The molecule has 8 heteroatoms. The Morgan fingerprint density at radius 2 is 0.833 bits per heavy atom. The van der Waals surface area contributed by atoms with Gasteiger partial charge in [0.1, 0.15) is 0 Å². The summed E-state index contributed by atoms with van der Waals surface area (Å²) in [6.45, 7) is 0. The van der Waals surface area contributed by atoms with Crippen molar-refractivity contribution < 1.29 is 19.2 Å². The van der Waals surface area contributed by atoms with Gasteiger partial charge in [0, 0.05) is 36.6 Å². The van der Waals surface area contributed by atoms with Crippen molar-refractivity contribution in [3.05, 3.63) is 61.2 Å². The zero-order chi connectivity index (χ0) is 20.6. The van der Waals surface area contributed by atoms with Gasteiger partial charge in [-0.1, -0.05) is 12.2 Å². The van der Waals surface area contributed by atoms with Crippen LogP contribution in [-0.4, -0.2) is 33.6 Å². The second-order valence-electron chi connectivity index (χ2n) is 8.08. The van der Waals surface area contributed by atoms with Crippen molar-refractivity contribution in [2.45, 2.75) is 0 Å². The molecule has 2 aromatic rings. The summed E-state index contributed by atoms with van der Waals surface area (Å²) in [7, 11) is 0. The van der Waals surface area contributed by atoms with Crippen molar-refractivity contribution >= 4 is 35.0 Å². The van der Waals surface area contributed by atoms with E-state index in [1.165, 1.54) is 34.6 Å². The van der Waals surface area contributed by atoms with Crippen LogP contribution in [0.1, 0.15) is 0 Å². The third-order valence-corrected chi connectivity index (χ3v) is 6.85. The van der Waals surface area contributed by atoms with Gasteiger partial charge < -0.3 is 0 Å². The summed E-state index contributed by atoms with van der Waals surface area (Å²) in [4.78, 5) is 63.5. The summed E-state index contributed by atoms with van der Waals surface area (Å²) in [6.07, 6.45) is 9.82. The minimum Gasteiger partial charge on any atom is -0.274 e. The lowest BCUT2D eigenvalue weighted by molar-refractivity contribution is -0.137. The summed E-state index contributed by atoms with van der Waals surface area (Å²) < 4.78 is 0. The molecule has 7 rings (SSSR count). The first-order valence-corrected chi connectivity index (χ1v) is 9.83. The van der Waals surface area contributed by atoms with Crippen LogP contribution in [0.4, 0.5) is 11.4 Å². The SMILES string of the molecule is O=C1[C@@H]2C3C=CC([C@H]4C(=O)N(c5ccncc5)C(=O)[C@@H]34)[C@@H]2C(=O)N1c1ccncc1. The highest BCUT2D eigenvalue weighted by Crippen LogP contribution is 2.58. The van der Waals surface area contributed by atoms with Crippen LogP contribution in [0.2, 0.25) is 0 Å². The number of pyridine rings is 2. The summed E-state index contributed by atoms with van der Waals surface area (Å²) >= 11 is 0. The monoisotopic (exact) mass is 400 g/mol. The molecule has 2 saturated heterocycles. The first-order chi connectivity index (χ1) is 14.6. The van der Waals surface area contributed by atoms with Gasteiger partial charge in [-0.25, -0.2) is 9.80 Å². The van der Waals surface area contributed by atoms with Crippen LogP contribution in [0, 0.1) is 35.5 Å². The Kier molecular flexibility index (Phi) is 3.39. The quantitative estimate of drug-likeness (QED) is 0.555. The predicted molar refractivity (Wildman–Crippen MR) is 104 cm³/mol. The highest BCUT2D eigenvalue weighted by atomic mass is 16.2. The lowest BCUT2D eigenvalue weighted by Crippen LogP contribution is -2.50. The summed E-state index contributed by atoms with van der Waals surface area (Å²) in [5.74, 6) is -4.70. The number of amides is 4. The van der Waals surface area contributed by atoms with Crippen molar-refractivity contribution in [3.63, 3.8) is 0 Å². The van der Waals surface area contributed by atoms with Crippen LogP contribution in [0.5, 0.6) is 0 Å². The van der Waals surface area contributed by atoms with Gasteiger partial charge in [0.15, 0.2) is 0 Å². The van der Waals surface area contributed by atoms with Crippen molar-refractivity contribution in [2.24, 2.45) is 35.5 Å². The first-order valence-electron chi connectivity index (χ1n) is 9.83. The van der Waals surface area contributed by atoms with Gasteiger partial charge >= 0.3 is 0 Å². The number of imide groups is 2. The van der Waals surface area contributed by atoms with Crippen LogP contribution in [0.15, 0.2) is 61.2 Å². The molecule has 0 N–H and O–H groups in total. The fourth-order valence-electron chi connectivity index (χ4n) is 5.72. The number of hydrogen-bond donors (Lipinski definition) is 0. The van der Waals surface area contributed by atoms with E-state index in [4.69, 9.17) is 0 Å². The Morgan fingerprint density at radius 3 is 1.13 bits per heavy atom. The van der Waals surface area contributed by atoms with E-state index in [2.05, 4.69) is 9.97 Å². The molecule has 0 aromatic carbocycles. The van der Waals surface area contributed by atoms with E-state index in [9.17, 15) is 19.2 Å².